The van der Waals surface area contributed by atoms with E-state index in [0.717, 1.165) is 15.5 Å². The van der Waals surface area contributed by atoms with Crippen LogP contribution in [0.25, 0.3) is 11.0 Å². The first-order valence-electron chi connectivity index (χ1n) is 4.31. The predicted molar refractivity (Wildman–Crippen MR) is 57.9 cm³/mol. The summed E-state index contributed by atoms with van der Waals surface area (Å²) >= 11 is 3.48. The van der Waals surface area contributed by atoms with Gasteiger partial charge >= 0.3 is 0 Å². The van der Waals surface area contributed by atoms with Crippen molar-refractivity contribution in [1.29, 1.82) is 0 Å². The van der Waals surface area contributed by atoms with Crippen LogP contribution in [0.1, 0.15) is 25.3 Å². The summed E-state index contributed by atoms with van der Waals surface area (Å²) in [6.07, 6.45) is 3.84. The molecule has 0 amide bonds. The number of aromatic amines is 1. The highest BCUT2D eigenvalue weighted by atomic mass is 79.9. The van der Waals surface area contributed by atoms with Gasteiger partial charge in [0.1, 0.15) is 5.65 Å². The highest BCUT2D eigenvalue weighted by Gasteiger charge is 2.05. The van der Waals surface area contributed by atoms with Gasteiger partial charge in [-0.05, 0) is 33.5 Å². The molecule has 0 radical (unpaired) electrons. The molecule has 2 aromatic heterocycles. The molecular weight excluding hydrogens is 228 g/mol. The van der Waals surface area contributed by atoms with Gasteiger partial charge in [-0.15, -0.1) is 0 Å². The molecule has 0 aromatic carbocycles. The third-order valence-electron chi connectivity index (χ3n) is 2.17. The Morgan fingerprint density at radius 2 is 2.23 bits per heavy atom. The predicted octanol–water partition coefficient (Wildman–Crippen LogP) is 3.45. The first-order chi connectivity index (χ1) is 6.18. The van der Waals surface area contributed by atoms with Crippen LogP contribution in [-0.4, -0.2) is 9.97 Å². The SMILES string of the molecule is CC(C)c1cnc2[nH]cc(Br)c2c1. The van der Waals surface area contributed by atoms with Gasteiger partial charge in [0.25, 0.3) is 0 Å². The molecule has 0 saturated heterocycles. The van der Waals surface area contributed by atoms with E-state index in [2.05, 4.69) is 45.8 Å². The molecule has 0 aliphatic carbocycles. The second kappa shape index (κ2) is 3.14. The minimum absolute atomic E-state index is 0.527. The third kappa shape index (κ3) is 1.48. The monoisotopic (exact) mass is 238 g/mol. The number of nitrogens with zero attached hydrogens (tertiary/aromatic N) is 1. The normalized spacial score (nSPS) is 11.4. The molecule has 13 heavy (non-hydrogen) atoms. The fraction of sp³-hybridized carbons (Fsp3) is 0.300. The molecule has 2 nitrogen and oxygen atoms in total. The number of pyridine rings is 1. The van der Waals surface area contributed by atoms with Gasteiger partial charge in [-0.3, -0.25) is 0 Å². The van der Waals surface area contributed by atoms with Crippen LogP contribution >= 0.6 is 15.9 Å². The molecule has 0 spiro atoms. The zero-order valence-corrected chi connectivity index (χ0v) is 9.22. The molecule has 1 N–H and O–H groups in total. The molecule has 68 valence electrons. The number of rotatable bonds is 1. The molecule has 0 aliphatic heterocycles. The fourth-order valence-corrected chi connectivity index (χ4v) is 1.72. The smallest absolute Gasteiger partial charge is 0.138 e. The van der Waals surface area contributed by atoms with Crippen molar-refractivity contribution in [2.75, 3.05) is 0 Å². The Balaban J connectivity index is 2.66. The first kappa shape index (κ1) is 8.75. The van der Waals surface area contributed by atoms with Crippen molar-refractivity contribution in [1.82, 2.24) is 9.97 Å². The largest absolute Gasteiger partial charge is 0.345 e. The van der Waals surface area contributed by atoms with Crippen LogP contribution in [-0.2, 0) is 0 Å². The molecular formula is C10H11BrN2. The molecule has 3 heteroatoms. The van der Waals surface area contributed by atoms with Crippen molar-refractivity contribution in [3.8, 4) is 0 Å². The number of aromatic nitrogens is 2. The van der Waals surface area contributed by atoms with Crippen molar-refractivity contribution in [3.05, 3.63) is 28.5 Å². The Labute approximate surface area is 85.5 Å². The summed E-state index contributed by atoms with van der Waals surface area (Å²) in [5, 5.41) is 1.16. The van der Waals surface area contributed by atoms with E-state index in [0.29, 0.717) is 5.92 Å². The van der Waals surface area contributed by atoms with Crippen LogP contribution in [0.15, 0.2) is 22.9 Å². The van der Waals surface area contributed by atoms with Gasteiger partial charge in [0.05, 0.1) is 0 Å². The maximum Gasteiger partial charge on any atom is 0.138 e. The van der Waals surface area contributed by atoms with Crippen LogP contribution < -0.4 is 0 Å². The third-order valence-corrected chi connectivity index (χ3v) is 2.82. The van der Waals surface area contributed by atoms with Crippen LogP contribution in [0.2, 0.25) is 0 Å². The highest BCUT2D eigenvalue weighted by Crippen LogP contribution is 2.25. The molecule has 0 atom stereocenters. The van der Waals surface area contributed by atoms with E-state index < -0.39 is 0 Å². The lowest BCUT2D eigenvalue weighted by atomic mass is 10.1. The van der Waals surface area contributed by atoms with E-state index >= 15 is 0 Å². The minimum atomic E-state index is 0.527. The zero-order chi connectivity index (χ0) is 9.42. The Hall–Kier alpha value is -0.830. The van der Waals surface area contributed by atoms with Gasteiger partial charge < -0.3 is 4.98 Å². The van der Waals surface area contributed by atoms with Gasteiger partial charge in [0.2, 0.25) is 0 Å². The van der Waals surface area contributed by atoms with Gasteiger partial charge in [-0.2, -0.15) is 0 Å². The van der Waals surface area contributed by atoms with Gasteiger partial charge in [-0.1, -0.05) is 13.8 Å². The van der Waals surface area contributed by atoms with E-state index in [1.54, 1.807) is 0 Å². The van der Waals surface area contributed by atoms with Gasteiger partial charge in [0, 0.05) is 22.3 Å². The van der Waals surface area contributed by atoms with E-state index in [1.807, 2.05) is 12.4 Å². The van der Waals surface area contributed by atoms with E-state index in [9.17, 15) is 0 Å². The molecule has 2 heterocycles. The number of halogens is 1. The van der Waals surface area contributed by atoms with Crippen molar-refractivity contribution in [2.24, 2.45) is 0 Å². The summed E-state index contributed by atoms with van der Waals surface area (Å²) in [6, 6.07) is 2.17. The molecule has 0 saturated carbocycles. The summed E-state index contributed by atoms with van der Waals surface area (Å²) in [5.41, 5.74) is 2.21. The number of fused-ring (bicyclic) bond motifs is 1. The van der Waals surface area contributed by atoms with E-state index in [1.165, 1.54) is 5.56 Å². The highest BCUT2D eigenvalue weighted by molar-refractivity contribution is 9.10. The first-order valence-corrected chi connectivity index (χ1v) is 5.10. The second-order valence-corrected chi connectivity index (χ2v) is 4.31. The van der Waals surface area contributed by atoms with Gasteiger partial charge in [0.15, 0.2) is 0 Å². The van der Waals surface area contributed by atoms with Crippen LogP contribution in [0, 0.1) is 0 Å². The number of hydrogen-bond donors (Lipinski definition) is 1. The molecule has 0 bridgehead atoms. The van der Waals surface area contributed by atoms with Crippen LogP contribution in [0.5, 0.6) is 0 Å². The number of nitrogens with one attached hydrogen (secondary N) is 1. The Morgan fingerprint density at radius 1 is 1.46 bits per heavy atom. The lowest BCUT2D eigenvalue weighted by molar-refractivity contribution is 0.862. The average Bonchev–Trinajstić information content (AvgIpc) is 2.47. The maximum atomic E-state index is 4.34. The van der Waals surface area contributed by atoms with Crippen molar-refractivity contribution in [2.45, 2.75) is 19.8 Å². The van der Waals surface area contributed by atoms with Crippen molar-refractivity contribution in [3.63, 3.8) is 0 Å². The number of H-pyrrole nitrogens is 1. The quantitative estimate of drug-likeness (QED) is 0.811. The zero-order valence-electron chi connectivity index (χ0n) is 7.63. The summed E-state index contributed by atoms with van der Waals surface area (Å²) in [4.78, 5) is 7.43. The molecule has 2 rings (SSSR count). The summed E-state index contributed by atoms with van der Waals surface area (Å²) in [7, 11) is 0. The van der Waals surface area contributed by atoms with Crippen molar-refractivity contribution < 1.29 is 0 Å². The minimum Gasteiger partial charge on any atom is -0.345 e. The lowest BCUT2D eigenvalue weighted by Gasteiger charge is -2.03. The Kier molecular flexibility index (Phi) is 2.12. The van der Waals surface area contributed by atoms with Crippen LogP contribution in [0.3, 0.4) is 0 Å². The molecule has 0 aliphatic rings. The standard InChI is InChI=1S/C10H11BrN2/c1-6(2)7-3-8-9(11)5-13-10(8)12-4-7/h3-6H,1-2H3,(H,12,13). The lowest BCUT2D eigenvalue weighted by Crippen LogP contribution is -1.88. The van der Waals surface area contributed by atoms with Crippen LogP contribution in [0.4, 0.5) is 0 Å². The average molecular weight is 239 g/mol. The molecule has 0 fully saturated rings. The summed E-state index contributed by atoms with van der Waals surface area (Å²) in [5.74, 6) is 0.527. The summed E-state index contributed by atoms with van der Waals surface area (Å²) < 4.78 is 1.08. The maximum absolute atomic E-state index is 4.34. The molecule has 2 aromatic rings. The Morgan fingerprint density at radius 3 is 2.92 bits per heavy atom. The summed E-state index contributed by atoms with van der Waals surface area (Å²) in [6.45, 7) is 4.34. The topological polar surface area (TPSA) is 28.7 Å². The second-order valence-electron chi connectivity index (χ2n) is 3.46. The van der Waals surface area contributed by atoms with E-state index in [4.69, 9.17) is 0 Å². The van der Waals surface area contributed by atoms with E-state index in [-0.39, 0.29) is 0 Å². The Bertz CT molecular complexity index is 431. The molecule has 0 unspecified atom stereocenters. The fourth-order valence-electron chi connectivity index (χ4n) is 1.30. The van der Waals surface area contributed by atoms with Gasteiger partial charge in [-0.25, -0.2) is 4.98 Å². The van der Waals surface area contributed by atoms with Crippen molar-refractivity contribution >= 4 is 27.0 Å². The number of hydrogen-bond acceptors (Lipinski definition) is 1.